The van der Waals surface area contributed by atoms with Crippen molar-refractivity contribution < 1.29 is 4.79 Å². The van der Waals surface area contributed by atoms with Gasteiger partial charge in [0, 0.05) is 49.7 Å². The van der Waals surface area contributed by atoms with Gasteiger partial charge in [-0.05, 0) is 37.3 Å². The van der Waals surface area contributed by atoms with E-state index in [4.69, 9.17) is 0 Å². The molecule has 1 atom stereocenters. The van der Waals surface area contributed by atoms with Gasteiger partial charge in [0.25, 0.3) is 0 Å². The molecule has 4 heterocycles. The SMILES string of the molecule is Cn1cc(-c2cc3c(N4CC[C@@](CC#N)(C5CC5)C4=O)ccnn3c2)cn1. The summed E-state index contributed by atoms with van der Waals surface area (Å²) in [5, 5.41) is 17.9. The second-order valence-corrected chi connectivity index (χ2v) is 7.65. The van der Waals surface area contributed by atoms with E-state index < -0.39 is 5.41 Å². The number of nitrogens with zero attached hydrogens (tertiary/aromatic N) is 6. The zero-order chi connectivity index (χ0) is 18.6. The number of aromatic nitrogens is 4. The van der Waals surface area contributed by atoms with Crippen LogP contribution in [-0.4, -0.2) is 31.8 Å². The second kappa shape index (κ2) is 5.68. The zero-order valence-electron chi connectivity index (χ0n) is 15.2. The van der Waals surface area contributed by atoms with Gasteiger partial charge in [0.1, 0.15) is 0 Å². The lowest BCUT2D eigenvalue weighted by Gasteiger charge is -2.25. The fraction of sp³-hybridized carbons (Fsp3) is 0.400. The maximum atomic E-state index is 13.4. The Labute approximate surface area is 156 Å². The molecule has 27 heavy (non-hydrogen) atoms. The number of hydrogen-bond acceptors (Lipinski definition) is 4. The normalized spacial score (nSPS) is 22.5. The van der Waals surface area contributed by atoms with Crippen molar-refractivity contribution in [3.63, 3.8) is 0 Å². The zero-order valence-corrected chi connectivity index (χ0v) is 15.2. The van der Waals surface area contributed by atoms with Crippen LogP contribution in [0.5, 0.6) is 0 Å². The fourth-order valence-electron chi connectivity index (χ4n) is 4.44. The van der Waals surface area contributed by atoms with Crippen molar-refractivity contribution >= 4 is 17.1 Å². The first-order valence-electron chi connectivity index (χ1n) is 9.28. The van der Waals surface area contributed by atoms with E-state index in [1.165, 1.54) is 0 Å². The quantitative estimate of drug-likeness (QED) is 0.717. The Kier molecular flexibility index (Phi) is 3.38. The highest BCUT2D eigenvalue weighted by molar-refractivity contribution is 6.03. The van der Waals surface area contributed by atoms with Crippen LogP contribution in [0.4, 0.5) is 5.69 Å². The van der Waals surface area contributed by atoms with Crippen molar-refractivity contribution in [2.45, 2.75) is 25.7 Å². The summed E-state index contributed by atoms with van der Waals surface area (Å²) in [5.41, 5.74) is 3.30. The number of rotatable bonds is 4. The smallest absolute Gasteiger partial charge is 0.234 e. The summed E-state index contributed by atoms with van der Waals surface area (Å²) in [6.07, 6.45) is 10.7. The number of nitriles is 1. The molecule has 0 unspecified atom stereocenters. The molecule has 7 nitrogen and oxygen atoms in total. The van der Waals surface area contributed by atoms with E-state index in [-0.39, 0.29) is 5.91 Å². The molecule has 1 aliphatic carbocycles. The lowest BCUT2D eigenvalue weighted by Crippen LogP contribution is -2.36. The van der Waals surface area contributed by atoms with Crippen LogP contribution in [0.2, 0.25) is 0 Å². The van der Waals surface area contributed by atoms with Crippen LogP contribution >= 0.6 is 0 Å². The number of anilines is 1. The van der Waals surface area contributed by atoms with Crippen molar-refractivity contribution in [1.82, 2.24) is 19.4 Å². The Bertz CT molecular complexity index is 1090. The maximum absolute atomic E-state index is 13.4. The average Bonchev–Trinajstić information content (AvgIpc) is 3.14. The van der Waals surface area contributed by atoms with Gasteiger partial charge in [-0.3, -0.25) is 9.48 Å². The monoisotopic (exact) mass is 360 g/mol. The van der Waals surface area contributed by atoms with Gasteiger partial charge in [0.15, 0.2) is 0 Å². The van der Waals surface area contributed by atoms with E-state index >= 15 is 0 Å². The highest BCUT2D eigenvalue weighted by atomic mass is 16.2. The van der Waals surface area contributed by atoms with Crippen molar-refractivity contribution in [3.05, 3.63) is 36.9 Å². The van der Waals surface area contributed by atoms with Crippen molar-refractivity contribution in [3.8, 4) is 17.2 Å². The highest BCUT2D eigenvalue weighted by Crippen LogP contribution is 2.54. The minimum Gasteiger partial charge on any atom is -0.310 e. The largest absolute Gasteiger partial charge is 0.310 e. The van der Waals surface area contributed by atoms with Crippen LogP contribution in [0.15, 0.2) is 36.9 Å². The molecule has 1 aliphatic heterocycles. The third kappa shape index (κ3) is 2.36. The van der Waals surface area contributed by atoms with Gasteiger partial charge in [0.05, 0.1) is 28.9 Å². The van der Waals surface area contributed by atoms with Gasteiger partial charge < -0.3 is 4.90 Å². The fourth-order valence-corrected chi connectivity index (χ4v) is 4.44. The van der Waals surface area contributed by atoms with Crippen molar-refractivity contribution in [2.75, 3.05) is 11.4 Å². The number of hydrogen-bond donors (Lipinski definition) is 0. The van der Waals surface area contributed by atoms with Crippen LogP contribution in [0.3, 0.4) is 0 Å². The van der Waals surface area contributed by atoms with Gasteiger partial charge in [-0.2, -0.15) is 15.5 Å². The molecular formula is C20H20N6O. The average molecular weight is 360 g/mol. The summed E-state index contributed by atoms with van der Waals surface area (Å²) in [4.78, 5) is 15.2. The third-order valence-corrected chi connectivity index (χ3v) is 6.02. The molecule has 0 spiro atoms. The Balaban J connectivity index is 1.56. The molecule has 0 radical (unpaired) electrons. The number of carbonyl (C=O) groups is 1. The molecule has 0 bridgehead atoms. The molecule has 1 saturated carbocycles. The molecule has 2 aliphatic rings. The first kappa shape index (κ1) is 16.1. The maximum Gasteiger partial charge on any atom is 0.234 e. The molecule has 0 N–H and O–H groups in total. The van der Waals surface area contributed by atoms with E-state index in [2.05, 4.69) is 16.3 Å². The summed E-state index contributed by atoms with van der Waals surface area (Å²) in [5.74, 6) is 0.467. The van der Waals surface area contributed by atoms with E-state index in [9.17, 15) is 10.1 Å². The molecule has 1 amide bonds. The Hall–Kier alpha value is -3.14. The van der Waals surface area contributed by atoms with Crippen LogP contribution in [0, 0.1) is 22.7 Å². The molecular weight excluding hydrogens is 340 g/mol. The molecule has 3 aromatic rings. The summed E-state index contributed by atoms with van der Waals surface area (Å²) in [7, 11) is 1.89. The van der Waals surface area contributed by atoms with E-state index in [1.54, 1.807) is 10.9 Å². The number of fused-ring (bicyclic) bond motifs is 1. The molecule has 5 rings (SSSR count). The molecule has 1 saturated heterocycles. The van der Waals surface area contributed by atoms with Gasteiger partial charge in [-0.1, -0.05) is 0 Å². The molecule has 3 aromatic heterocycles. The number of aryl methyl sites for hydroxylation is 1. The predicted octanol–water partition coefficient (Wildman–Crippen LogP) is 2.78. The van der Waals surface area contributed by atoms with Crippen molar-refractivity contribution in [2.24, 2.45) is 18.4 Å². The Morgan fingerprint density at radius 1 is 1.30 bits per heavy atom. The highest BCUT2D eigenvalue weighted by Gasteiger charge is 2.56. The molecule has 2 fully saturated rings. The predicted molar refractivity (Wildman–Crippen MR) is 99.8 cm³/mol. The van der Waals surface area contributed by atoms with Gasteiger partial charge in [-0.25, -0.2) is 4.52 Å². The first-order chi connectivity index (χ1) is 13.1. The van der Waals surface area contributed by atoms with Gasteiger partial charge in [0.2, 0.25) is 5.91 Å². The minimum absolute atomic E-state index is 0.101. The molecule has 0 aromatic carbocycles. The Morgan fingerprint density at radius 3 is 2.85 bits per heavy atom. The topological polar surface area (TPSA) is 79.2 Å². The van der Waals surface area contributed by atoms with E-state index in [1.807, 2.05) is 47.2 Å². The van der Waals surface area contributed by atoms with Crippen LogP contribution < -0.4 is 4.90 Å². The van der Waals surface area contributed by atoms with Gasteiger partial charge in [-0.15, -0.1) is 0 Å². The van der Waals surface area contributed by atoms with Crippen LogP contribution in [0.1, 0.15) is 25.7 Å². The van der Waals surface area contributed by atoms with E-state index in [0.29, 0.717) is 18.9 Å². The lowest BCUT2D eigenvalue weighted by molar-refractivity contribution is -0.126. The second-order valence-electron chi connectivity index (χ2n) is 7.65. The summed E-state index contributed by atoms with van der Waals surface area (Å²) < 4.78 is 3.58. The summed E-state index contributed by atoms with van der Waals surface area (Å²) >= 11 is 0. The summed E-state index contributed by atoms with van der Waals surface area (Å²) in [6.45, 7) is 0.657. The number of amides is 1. The van der Waals surface area contributed by atoms with E-state index in [0.717, 1.165) is 41.6 Å². The standard InChI is InChI=1S/C20H20N6O/c1-24-12-15(11-23-24)14-10-18-17(4-8-22-26(18)13-14)25-9-6-20(5-7-21,19(25)27)16-2-3-16/h4,8,10-13,16H,2-3,5-6,9H2,1H3/t20-/m0/s1. The summed E-state index contributed by atoms with van der Waals surface area (Å²) in [6, 6.07) is 6.21. The first-order valence-corrected chi connectivity index (χ1v) is 9.28. The third-order valence-electron chi connectivity index (χ3n) is 6.02. The molecule has 136 valence electrons. The lowest BCUT2D eigenvalue weighted by atomic mass is 9.78. The Morgan fingerprint density at radius 2 is 2.15 bits per heavy atom. The molecule has 7 heteroatoms. The van der Waals surface area contributed by atoms with Crippen LogP contribution in [0.25, 0.3) is 16.6 Å². The van der Waals surface area contributed by atoms with Crippen LogP contribution in [-0.2, 0) is 11.8 Å². The van der Waals surface area contributed by atoms with Crippen molar-refractivity contribution in [1.29, 1.82) is 5.26 Å². The number of carbonyl (C=O) groups excluding carboxylic acids is 1. The van der Waals surface area contributed by atoms with Gasteiger partial charge >= 0.3 is 0 Å². The minimum atomic E-state index is -0.492.